The van der Waals surface area contributed by atoms with E-state index in [-0.39, 0.29) is 0 Å². The average Bonchev–Trinajstić information content (AvgIpc) is 2.05. The second-order valence-corrected chi connectivity index (χ2v) is 1.79. The van der Waals surface area contributed by atoms with Gasteiger partial charge in [-0.1, -0.05) is 0 Å². The zero-order chi connectivity index (χ0) is 6.81. The Morgan fingerprint density at radius 3 is 3.30 bits per heavy atom. The summed E-state index contributed by atoms with van der Waals surface area (Å²) in [6, 6.07) is 3.55. The predicted octanol–water partition coefficient (Wildman–Crippen LogP) is 0.220. The Morgan fingerprint density at radius 1 is 1.40 bits per heavy atom. The van der Waals surface area contributed by atoms with Gasteiger partial charge in [-0.15, -0.1) is 10.2 Å². The van der Waals surface area contributed by atoms with Crippen molar-refractivity contribution in [1.29, 1.82) is 0 Å². The third-order valence-electron chi connectivity index (χ3n) is 1.15. The van der Waals surface area contributed by atoms with E-state index in [1.807, 2.05) is 6.07 Å². The molecule has 0 unspecified atom stereocenters. The lowest BCUT2D eigenvalue weighted by Crippen LogP contribution is -1.88. The van der Waals surface area contributed by atoms with Crippen LogP contribution < -0.4 is 0 Å². The van der Waals surface area contributed by atoms with Crippen molar-refractivity contribution in [1.82, 2.24) is 20.4 Å². The van der Waals surface area contributed by atoms with E-state index in [4.69, 9.17) is 0 Å². The first-order valence-corrected chi connectivity index (χ1v) is 2.78. The van der Waals surface area contributed by atoms with Crippen molar-refractivity contribution < 1.29 is 0 Å². The van der Waals surface area contributed by atoms with Crippen LogP contribution in [0, 0.1) is 6.20 Å². The zero-order valence-corrected chi connectivity index (χ0v) is 5.02. The maximum atomic E-state index is 3.84. The molecule has 4 heteroatoms. The highest BCUT2D eigenvalue weighted by Crippen LogP contribution is 2.01. The van der Waals surface area contributed by atoms with Crippen molar-refractivity contribution in [2.45, 2.75) is 0 Å². The number of hydrogen-bond donors (Lipinski definition) is 0. The first-order valence-electron chi connectivity index (χ1n) is 2.78. The van der Waals surface area contributed by atoms with Crippen molar-refractivity contribution in [3.8, 4) is 0 Å². The summed E-state index contributed by atoms with van der Waals surface area (Å²) in [6.45, 7) is 0. The van der Waals surface area contributed by atoms with Gasteiger partial charge < -0.3 is 0 Å². The molecule has 0 spiro atoms. The average molecular weight is 131 g/mol. The van der Waals surface area contributed by atoms with Gasteiger partial charge in [0.15, 0.2) is 5.65 Å². The van der Waals surface area contributed by atoms with Gasteiger partial charge in [-0.05, 0) is 17.3 Å². The van der Waals surface area contributed by atoms with Crippen LogP contribution in [0.15, 0.2) is 18.3 Å². The van der Waals surface area contributed by atoms with E-state index in [9.17, 15) is 0 Å². The molecule has 1 radical (unpaired) electrons. The van der Waals surface area contributed by atoms with E-state index in [2.05, 4.69) is 26.6 Å². The summed E-state index contributed by atoms with van der Waals surface area (Å²) in [4.78, 5) is 3.84. The number of fused-ring (bicyclic) bond motifs is 1. The lowest BCUT2D eigenvalue weighted by Gasteiger charge is -1.87. The molecule has 0 aliphatic carbocycles. The van der Waals surface area contributed by atoms with Crippen molar-refractivity contribution in [3.05, 3.63) is 24.5 Å². The fourth-order valence-electron chi connectivity index (χ4n) is 0.702. The van der Waals surface area contributed by atoms with Crippen LogP contribution in [0.4, 0.5) is 0 Å². The third-order valence-corrected chi connectivity index (χ3v) is 1.15. The molecule has 0 bridgehead atoms. The first kappa shape index (κ1) is 5.22. The summed E-state index contributed by atoms with van der Waals surface area (Å²) in [6.07, 6.45) is 4.27. The summed E-state index contributed by atoms with van der Waals surface area (Å²) in [7, 11) is 0. The largest absolute Gasteiger partial charge is 0.225 e. The second-order valence-electron chi connectivity index (χ2n) is 1.79. The molecule has 4 nitrogen and oxygen atoms in total. The molecule has 2 rings (SSSR count). The van der Waals surface area contributed by atoms with Crippen LogP contribution in [0.3, 0.4) is 0 Å². The van der Waals surface area contributed by atoms with Crippen molar-refractivity contribution in [2.24, 2.45) is 0 Å². The van der Waals surface area contributed by atoms with E-state index in [0.29, 0.717) is 5.65 Å². The predicted molar refractivity (Wildman–Crippen MR) is 34.0 cm³/mol. The van der Waals surface area contributed by atoms with Gasteiger partial charge in [0, 0.05) is 5.39 Å². The molecule has 10 heavy (non-hydrogen) atoms. The molecule has 0 atom stereocenters. The van der Waals surface area contributed by atoms with Gasteiger partial charge in [0.25, 0.3) is 0 Å². The molecular weight excluding hydrogens is 128 g/mol. The summed E-state index contributed by atoms with van der Waals surface area (Å²) < 4.78 is 0. The lowest BCUT2D eigenvalue weighted by molar-refractivity contribution is 0.885. The van der Waals surface area contributed by atoms with Gasteiger partial charge in [-0.25, -0.2) is 4.98 Å². The molecule has 0 aromatic carbocycles. The van der Waals surface area contributed by atoms with Gasteiger partial charge in [0.2, 0.25) is 0 Å². The van der Waals surface area contributed by atoms with Crippen molar-refractivity contribution >= 4 is 11.0 Å². The molecule has 0 saturated heterocycles. The minimum atomic E-state index is 0.581. The molecule has 0 saturated carbocycles. The topological polar surface area (TPSA) is 51.6 Å². The summed E-state index contributed by atoms with van der Waals surface area (Å²) in [5.74, 6) is 0. The molecule has 2 heterocycles. The number of pyridine rings is 1. The highest BCUT2D eigenvalue weighted by molar-refractivity contribution is 5.71. The Kier molecular flexibility index (Phi) is 1.04. The highest BCUT2D eigenvalue weighted by atomic mass is 15.3. The maximum Gasteiger partial charge on any atom is 0.185 e. The van der Waals surface area contributed by atoms with E-state index in [1.54, 1.807) is 12.3 Å². The quantitative estimate of drug-likeness (QED) is 0.513. The molecule has 0 aliphatic rings. The Balaban J connectivity index is 2.89. The van der Waals surface area contributed by atoms with E-state index < -0.39 is 0 Å². The number of aromatic nitrogens is 4. The SMILES string of the molecule is [c]1ccc2cnnnc2n1. The lowest BCUT2D eigenvalue weighted by atomic mass is 10.4. The number of rotatable bonds is 0. The standard InChI is InChI=1S/C6H3N4/c1-2-5-4-8-10-9-6(5)7-3-1/h1-2,4H. The minimum absolute atomic E-state index is 0.581. The van der Waals surface area contributed by atoms with E-state index in [0.717, 1.165) is 5.39 Å². The van der Waals surface area contributed by atoms with Crippen LogP contribution in [-0.4, -0.2) is 20.4 Å². The van der Waals surface area contributed by atoms with E-state index >= 15 is 0 Å². The monoisotopic (exact) mass is 131 g/mol. The molecule has 2 aromatic rings. The molecule has 0 amide bonds. The molecule has 0 N–H and O–H groups in total. The molecule has 2 aromatic heterocycles. The Labute approximate surface area is 56.9 Å². The van der Waals surface area contributed by atoms with Gasteiger partial charge in [-0.3, -0.25) is 0 Å². The van der Waals surface area contributed by atoms with Crippen LogP contribution in [0.5, 0.6) is 0 Å². The van der Waals surface area contributed by atoms with Gasteiger partial charge in [-0.2, -0.15) is 0 Å². The summed E-state index contributed by atoms with van der Waals surface area (Å²) in [5, 5.41) is 11.6. The van der Waals surface area contributed by atoms with Gasteiger partial charge in [0.05, 0.1) is 12.4 Å². The number of hydrogen-bond acceptors (Lipinski definition) is 4. The smallest absolute Gasteiger partial charge is 0.185 e. The fraction of sp³-hybridized carbons (Fsp3) is 0. The fourth-order valence-corrected chi connectivity index (χ4v) is 0.702. The third kappa shape index (κ3) is 0.699. The van der Waals surface area contributed by atoms with Crippen LogP contribution in [-0.2, 0) is 0 Å². The zero-order valence-electron chi connectivity index (χ0n) is 5.02. The van der Waals surface area contributed by atoms with Gasteiger partial charge >= 0.3 is 0 Å². The normalized spacial score (nSPS) is 10.0. The summed E-state index contributed by atoms with van der Waals surface area (Å²) >= 11 is 0. The van der Waals surface area contributed by atoms with Crippen molar-refractivity contribution in [2.75, 3.05) is 0 Å². The minimum Gasteiger partial charge on any atom is -0.225 e. The Bertz CT molecular complexity index is 281. The highest BCUT2D eigenvalue weighted by Gasteiger charge is 1.91. The number of nitrogens with zero attached hydrogens (tertiary/aromatic N) is 4. The van der Waals surface area contributed by atoms with Crippen LogP contribution >= 0.6 is 0 Å². The van der Waals surface area contributed by atoms with Crippen LogP contribution in [0.1, 0.15) is 0 Å². The maximum absolute atomic E-state index is 3.84. The summed E-state index contributed by atoms with van der Waals surface area (Å²) in [5.41, 5.74) is 0.581. The Morgan fingerprint density at radius 2 is 2.40 bits per heavy atom. The Hall–Kier alpha value is -1.58. The molecule has 0 fully saturated rings. The van der Waals surface area contributed by atoms with Crippen LogP contribution in [0.25, 0.3) is 11.0 Å². The van der Waals surface area contributed by atoms with Crippen LogP contribution in [0.2, 0.25) is 0 Å². The molecular formula is C6H3N4. The molecule has 0 aliphatic heterocycles. The molecule has 47 valence electrons. The second kappa shape index (κ2) is 1.98. The van der Waals surface area contributed by atoms with Gasteiger partial charge in [0.1, 0.15) is 0 Å². The van der Waals surface area contributed by atoms with Crippen molar-refractivity contribution in [3.63, 3.8) is 0 Å². The first-order chi connectivity index (χ1) is 4.97. The van der Waals surface area contributed by atoms with E-state index in [1.165, 1.54) is 0 Å².